The van der Waals surface area contributed by atoms with Crippen LogP contribution in [-0.2, 0) is 11.2 Å². The molecule has 0 amide bonds. The molecule has 3 unspecified atom stereocenters. The van der Waals surface area contributed by atoms with Crippen molar-refractivity contribution in [2.75, 3.05) is 6.61 Å². The Hall–Kier alpha value is -1.13. The summed E-state index contributed by atoms with van der Waals surface area (Å²) < 4.78 is 24.6. The zero-order valence-corrected chi connectivity index (χ0v) is 10.3. The average molecular weight is 251 g/mol. The van der Waals surface area contributed by atoms with E-state index in [-0.39, 0.29) is 24.1 Å². The van der Waals surface area contributed by atoms with Crippen molar-refractivity contribution in [2.24, 2.45) is 5.73 Å². The molecule has 1 aliphatic heterocycles. The van der Waals surface area contributed by atoms with Crippen molar-refractivity contribution in [1.29, 1.82) is 0 Å². The van der Waals surface area contributed by atoms with Crippen LogP contribution in [0.1, 0.15) is 24.8 Å². The Balaban J connectivity index is 1.52. The lowest BCUT2D eigenvalue weighted by Gasteiger charge is -2.15. The molecule has 3 atom stereocenters. The average Bonchev–Trinajstić information content (AvgIpc) is 2.92. The van der Waals surface area contributed by atoms with Gasteiger partial charge in [-0.05, 0) is 37.5 Å². The maximum atomic E-state index is 13.1. The van der Waals surface area contributed by atoms with Gasteiger partial charge in [-0.3, -0.25) is 0 Å². The van der Waals surface area contributed by atoms with Crippen LogP contribution in [0, 0.1) is 5.82 Å². The van der Waals surface area contributed by atoms with E-state index in [1.54, 1.807) is 12.1 Å². The summed E-state index contributed by atoms with van der Waals surface area (Å²) in [5.74, 6) is 0.578. The van der Waals surface area contributed by atoms with Crippen molar-refractivity contribution in [3.05, 3.63) is 29.6 Å². The normalized spacial score (nSPS) is 30.2. The van der Waals surface area contributed by atoms with E-state index in [1.165, 1.54) is 6.07 Å². The molecule has 1 aromatic carbocycles. The number of fused-ring (bicyclic) bond motifs is 1. The molecule has 1 saturated carbocycles. The lowest BCUT2D eigenvalue weighted by atomic mass is 10.1. The Bertz CT molecular complexity index is 438. The first-order chi connectivity index (χ1) is 8.70. The van der Waals surface area contributed by atoms with Gasteiger partial charge in [-0.2, -0.15) is 0 Å². The molecule has 1 aliphatic carbocycles. The fourth-order valence-electron chi connectivity index (χ4n) is 2.75. The molecule has 0 bridgehead atoms. The summed E-state index contributed by atoms with van der Waals surface area (Å²) in [6.45, 7) is 0.563. The quantitative estimate of drug-likeness (QED) is 0.894. The third kappa shape index (κ3) is 2.49. The lowest BCUT2D eigenvalue weighted by molar-refractivity contribution is 0.00978. The molecule has 0 spiro atoms. The summed E-state index contributed by atoms with van der Waals surface area (Å²) in [6.07, 6.45) is 4.03. The molecular weight excluding hydrogens is 233 g/mol. The van der Waals surface area contributed by atoms with E-state index in [9.17, 15) is 4.39 Å². The van der Waals surface area contributed by atoms with E-state index in [0.717, 1.165) is 37.0 Å². The first-order valence-corrected chi connectivity index (χ1v) is 6.53. The molecule has 0 radical (unpaired) electrons. The summed E-state index contributed by atoms with van der Waals surface area (Å²) >= 11 is 0. The van der Waals surface area contributed by atoms with Crippen LogP contribution in [-0.4, -0.2) is 24.9 Å². The molecule has 18 heavy (non-hydrogen) atoms. The number of benzene rings is 1. The zero-order chi connectivity index (χ0) is 12.5. The van der Waals surface area contributed by atoms with Crippen LogP contribution in [0.25, 0.3) is 0 Å². The second kappa shape index (κ2) is 4.86. The lowest BCUT2D eigenvalue weighted by Crippen LogP contribution is -2.25. The predicted octanol–water partition coefficient (Wildman–Crippen LogP) is 2.03. The van der Waals surface area contributed by atoms with Crippen molar-refractivity contribution >= 4 is 0 Å². The van der Waals surface area contributed by atoms with Crippen LogP contribution in [0.4, 0.5) is 4.39 Å². The van der Waals surface area contributed by atoms with Crippen molar-refractivity contribution in [3.8, 4) is 5.75 Å². The zero-order valence-electron chi connectivity index (χ0n) is 10.3. The molecule has 2 N–H and O–H groups in total. The van der Waals surface area contributed by atoms with Gasteiger partial charge >= 0.3 is 0 Å². The monoisotopic (exact) mass is 251 g/mol. The van der Waals surface area contributed by atoms with Gasteiger partial charge in [0.25, 0.3) is 0 Å². The van der Waals surface area contributed by atoms with E-state index in [4.69, 9.17) is 15.2 Å². The van der Waals surface area contributed by atoms with Crippen LogP contribution in [0.5, 0.6) is 5.75 Å². The highest BCUT2D eigenvalue weighted by Gasteiger charge is 2.27. The standard InChI is InChI=1S/C14H18FNO2/c15-10-1-4-14-9(5-10)6-13(18-14)8-17-12-3-2-11(16)7-12/h1,4-5,11-13H,2-3,6-8,16H2. The number of ether oxygens (including phenoxy) is 2. The number of nitrogens with two attached hydrogens (primary N) is 1. The van der Waals surface area contributed by atoms with Gasteiger partial charge in [0.1, 0.15) is 17.7 Å². The Kier molecular flexibility index (Phi) is 3.22. The third-order valence-electron chi connectivity index (χ3n) is 3.71. The van der Waals surface area contributed by atoms with Crippen LogP contribution in [0.2, 0.25) is 0 Å². The fourth-order valence-corrected chi connectivity index (χ4v) is 2.75. The molecule has 2 aliphatic rings. The molecular formula is C14H18FNO2. The van der Waals surface area contributed by atoms with Gasteiger partial charge in [-0.1, -0.05) is 0 Å². The molecule has 3 nitrogen and oxygen atoms in total. The van der Waals surface area contributed by atoms with Crippen molar-refractivity contribution in [2.45, 2.75) is 43.9 Å². The van der Waals surface area contributed by atoms with Crippen LogP contribution >= 0.6 is 0 Å². The van der Waals surface area contributed by atoms with E-state index in [1.807, 2.05) is 0 Å². The highest BCUT2D eigenvalue weighted by atomic mass is 19.1. The van der Waals surface area contributed by atoms with E-state index < -0.39 is 0 Å². The first kappa shape index (κ1) is 11.9. The molecule has 1 fully saturated rings. The van der Waals surface area contributed by atoms with Gasteiger partial charge in [0.05, 0.1) is 12.7 Å². The minimum Gasteiger partial charge on any atom is -0.487 e. The summed E-state index contributed by atoms with van der Waals surface area (Å²) in [4.78, 5) is 0. The largest absolute Gasteiger partial charge is 0.487 e. The topological polar surface area (TPSA) is 44.5 Å². The number of hydrogen-bond acceptors (Lipinski definition) is 3. The van der Waals surface area contributed by atoms with Crippen molar-refractivity contribution in [3.63, 3.8) is 0 Å². The summed E-state index contributed by atoms with van der Waals surface area (Å²) in [5.41, 5.74) is 6.78. The number of hydrogen-bond donors (Lipinski definition) is 1. The Morgan fingerprint density at radius 1 is 1.39 bits per heavy atom. The maximum Gasteiger partial charge on any atom is 0.126 e. The highest BCUT2D eigenvalue weighted by molar-refractivity contribution is 5.37. The second-order valence-corrected chi connectivity index (χ2v) is 5.22. The second-order valence-electron chi connectivity index (χ2n) is 5.22. The summed E-state index contributed by atoms with van der Waals surface area (Å²) in [6, 6.07) is 4.94. The smallest absolute Gasteiger partial charge is 0.126 e. The number of halogens is 1. The van der Waals surface area contributed by atoms with E-state index in [0.29, 0.717) is 6.61 Å². The Morgan fingerprint density at radius 2 is 2.28 bits per heavy atom. The minimum absolute atomic E-state index is 0.0126. The van der Waals surface area contributed by atoms with Crippen LogP contribution in [0.3, 0.4) is 0 Å². The third-order valence-corrected chi connectivity index (χ3v) is 3.71. The Labute approximate surface area is 106 Å². The van der Waals surface area contributed by atoms with Gasteiger partial charge in [-0.25, -0.2) is 4.39 Å². The number of rotatable bonds is 3. The Morgan fingerprint density at radius 3 is 3.06 bits per heavy atom. The molecule has 1 heterocycles. The summed E-state index contributed by atoms with van der Waals surface area (Å²) in [5, 5.41) is 0. The minimum atomic E-state index is -0.208. The first-order valence-electron chi connectivity index (χ1n) is 6.53. The van der Waals surface area contributed by atoms with Gasteiger partial charge in [-0.15, -0.1) is 0 Å². The summed E-state index contributed by atoms with van der Waals surface area (Å²) in [7, 11) is 0. The molecule has 0 saturated heterocycles. The SMILES string of the molecule is NC1CCC(OCC2Cc3cc(F)ccc3O2)C1. The van der Waals surface area contributed by atoms with Crippen molar-refractivity contribution in [1.82, 2.24) is 0 Å². The van der Waals surface area contributed by atoms with Gasteiger partial charge in [0.2, 0.25) is 0 Å². The molecule has 98 valence electrons. The van der Waals surface area contributed by atoms with Gasteiger partial charge in [0, 0.05) is 18.0 Å². The van der Waals surface area contributed by atoms with Crippen LogP contribution < -0.4 is 10.5 Å². The van der Waals surface area contributed by atoms with Crippen molar-refractivity contribution < 1.29 is 13.9 Å². The van der Waals surface area contributed by atoms with Gasteiger partial charge in [0.15, 0.2) is 0 Å². The predicted molar refractivity (Wildman–Crippen MR) is 66.1 cm³/mol. The molecule has 4 heteroatoms. The maximum absolute atomic E-state index is 13.1. The van der Waals surface area contributed by atoms with Gasteiger partial charge < -0.3 is 15.2 Å². The van der Waals surface area contributed by atoms with E-state index >= 15 is 0 Å². The molecule has 3 rings (SSSR count). The highest BCUT2D eigenvalue weighted by Crippen LogP contribution is 2.30. The molecule has 1 aromatic rings. The fraction of sp³-hybridized carbons (Fsp3) is 0.571. The van der Waals surface area contributed by atoms with Crippen LogP contribution in [0.15, 0.2) is 18.2 Å². The molecule has 0 aromatic heterocycles. The van der Waals surface area contributed by atoms with E-state index in [2.05, 4.69) is 0 Å².